The topological polar surface area (TPSA) is 0 Å². The van der Waals surface area contributed by atoms with E-state index in [0.717, 1.165) is 0 Å². The van der Waals surface area contributed by atoms with Gasteiger partial charge in [0.25, 0.3) is 0 Å². The molecule has 1 rings (SSSR count). The summed E-state index contributed by atoms with van der Waals surface area (Å²) in [5.74, 6) is 0. The zero-order valence-corrected chi connectivity index (χ0v) is 6.40. The standard InChI is InChI=1S/C3Cl3Si/c4-1-2(7)3(1,5)6. The van der Waals surface area contributed by atoms with Gasteiger partial charge in [0.15, 0.2) is 4.33 Å². The van der Waals surface area contributed by atoms with Crippen molar-refractivity contribution in [3.8, 4) is 0 Å². The zero-order valence-electron chi connectivity index (χ0n) is 3.13. The quantitative estimate of drug-likeness (QED) is 0.384. The van der Waals surface area contributed by atoms with E-state index in [0.29, 0.717) is 10.2 Å². The van der Waals surface area contributed by atoms with Crippen LogP contribution in [0.2, 0.25) is 0 Å². The van der Waals surface area contributed by atoms with Crippen LogP contribution in [0.3, 0.4) is 0 Å². The van der Waals surface area contributed by atoms with E-state index < -0.39 is 4.33 Å². The van der Waals surface area contributed by atoms with E-state index in [1.165, 1.54) is 0 Å². The average Bonchev–Trinajstić information content (AvgIpc) is 1.91. The second-order valence-electron chi connectivity index (χ2n) is 1.26. The highest BCUT2D eigenvalue weighted by Gasteiger charge is 2.46. The molecule has 0 N–H and O–H groups in total. The maximum absolute atomic E-state index is 5.45. The minimum atomic E-state index is -0.877. The molecule has 0 fully saturated rings. The monoisotopic (exact) mass is 169 g/mol. The summed E-state index contributed by atoms with van der Waals surface area (Å²) in [6.07, 6.45) is 0. The van der Waals surface area contributed by atoms with E-state index in [4.69, 9.17) is 34.8 Å². The van der Waals surface area contributed by atoms with Gasteiger partial charge in [0.1, 0.15) is 0 Å². The molecule has 0 aromatic rings. The third-order valence-corrected chi connectivity index (χ3v) is 3.27. The lowest BCUT2D eigenvalue weighted by molar-refractivity contribution is 1.48. The van der Waals surface area contributed by atoms with Crippen molar-refractivity contribution in [2.24, 2.45) is 0 Å². The Bertz CT molecular complexity index is 123. The van der Waals surface area contributed by atoms with E-state index in [1.807, 2.05) is 0 Å². The van der Waals surface area contributed by atoms with Crippen LogP contribution in [0.25, 0.3) is 0 Å². The summed E-state index contributed by atoms with van der Waals surface area (Å²) in [6.45, 7) is 0. The molecule has 0 atom stereocenters. The summed E-state index contributed by atoms with van der Waals surface area (Å²) < 4.78 is -0.877. The summed E-state index contributed by atoms with van der Waals surface area (Å²) >= 11 is 16.3. The third kappa shape index (κ3) is 0.724. The molecule has 3 radical (unpaired) electrons. The molecule has 0 unspecified atom stereocenters. The van der Waals surface area contributed by atoms with Crippen LogP contribution in [-0.4, -0.2) is 14.6 Å². The highest BCUT2D eigenvalue weighted by Crippen LogP contribution is 2.53. The summed E-state index contributed by atoms with van der Waals surface area (Å²) in [5, 5.41) is 1.17. The molecule has 1 aliphatic rings. The molecule has 0 bridgehead atoms. The van der Waals surface area contributed by atoms with Gasteiger partial charge in [-0.1, -0.05) is 34.8 Å². The van der Waals surface area contributed by atoms with Gasteiger partial charge < -0.3 is 0 Å². The molecule has 0 heterocycles. The van der Waals surface area contributed by atoms with Crippen molar-refractivity contribution in [1.82, 2.24) is 0 Å². The second-order valence-corrected chi connectivity index (χ2v) is 3.47. The number of alkyl halides is 2. The predicted octanol–water partition coefficient (Wildman–Crippen LogP) is 1.79. The van der Waals surface area contributed by atoms with E-state index in [1.54, 1.807) is 0 Å². The molecule has 0 aliphatic heterocycles. The first-order valence-electron chi connectivity index (χ1n) is 1.57. The largest absolute Gasteiger partial charge is 0.171 e. The summed E-state index contributed by atoms with van der Waals surface area (Å²) in [6, 6.07) is 0. The SMILES string of the molecule is [Si]C1=C(Cl)C1(Cl)Cl. The maximum atomic E-state index is 5.45. The maximum Gasteiger partial charge on any atom is 0.171 e. The van der Waals surface area contributed by atoms with Crippen molar-refractivity contribution < 1.29 is 0 Å². The zero-order chi connectivity index (χ0) is 5.65. The Morgan fingerprint density at radius 2 is 1.57 bits per heavy atom. The van der Waals surface area contributed by atoms with Crippen molar-refractivity contribution in [2.45, 2.75) is 4.33 Å². The minimum Gasteiger partial charge on any atom is -0.0907 e. The van der Waals surface area contributed by atoms with Gasteiger partial charge in [-0.25, -0.2) is 0 Å². The first kappa shape index (κ1) is 5.95. The van der Waals surface area contributed by atoms with Crippen LogP contribution in [0.4, 0.5) is 0 Å². The fraction of sp³-hybridized carbons (Fsp3) is 0.333. The molecule has 0 saturated heterocycles. The van der Waals surface area contributed by atoms with Crippen LogP contribution in [-0.2, 0) is 0 Å². The molecule has 37 valence electrons. The number of allylic oxidation sites excluding steroid dienone is 2. The van der Waals surface area contributed by atoms with Crippen molar-refractivity contribution in [3.05, 3.63) is 10.2 Å². The average molecular weight is 170 g/mol. The third-order valence-electron chi connectivity index (χ3n) is 0.747. The summed E-state index contributed by atoms with van der Waals surface area (Å²) in [4.78, 5) is 0. The van der Waals surface area contributed by atoms with Gasteiger partial charge in [0, 0.05) is 0 Å². The molecule has 0 nitrogen and oxygen atoms in total. The van der Waals surface area contributed by atoms with Gasteiger partial charge in [-0.3, -0.25) is 0 Å². The fourth-order valence-corrected chi connectivity index (χ4v) is 1.27. The van der Waals surface area contributed by atoms with Gasteiger partial charge in [0.2, 0.25) is 0 Å². The fourth-order valence-electron chi connectivity index (χ4n) is 0.209. The van der Waals surface area contributed by atoms with Crippen LogP contribution < -0.4 is 0 Å². The smallest absolute Gasteiger partial charge is 0.0907 e. The van der Waals surface area contributed by atoms with Gasteiger partial charge in [-0.15, -0.1) is 0 Å². The lowest BCUT2D eigenvalue weighted by atomic mass is 10.8. The van der Waals surface area contributed by atoms with Crippen LogP contribution in [0.15, 0.2) is 10.2 Å². The summed E-state index contributed by atoms with van der Waals surface area (Å²) in [7, 11) is 3.10. The van der Waals surface area contributed by atoms with Crippen molar-refractivity contribution >= 4 is 45.0 Å². The minimum absolute atomic E-state index is 0.493. The molecule has 0 saturated carbocycles. The van der Waals surface area contributed by atoms with Crippen LogP contribution in [0, 0.1) is 0 Å². The summed E-state index contributed by atoms with van der Waals surface area (Å²) in [5.41, 5.74) is 0. The molecule has 0 spiro atoms. The van der Waals surface area contributed by atoms with E-state index in [2.05, 4.69) is 10.2 Å². The Morgan fingerprint density at radius 3 is 1.57 bits per heavy atom. The normalized spacial score (nSPS) is 25.7. The van der Waals surface area contributed by atoms with Gasteiger partial charge in [0.05, 0.1) is 15.3 Å². The van der Waals surface area contributed by atoms with E-state index >= 15 is 0 Å². The molecule has 7 heavy (non-hydrogen) atoms. The number of halogens is 3. The Balaban J connectivity index is 2.69. The van der Waals surface area contributed by atoms with Crippen LogP contribution in [0.1, 0.15) is 0 Å². The Kier molecular flexibility index (Phi) is 1.20. The first-order valence-corrected chi connectivity index (χ1v) is 3.20. The molecule has 0 aromatic carbocycles. The van der Waals surface area contributed by atoms with Gasteiger partial charge >= 0.3 is 0 Å². The highest BCUT2D eigenvalue weighted by atomic mass is 35.5. The second kappa shape index (κ2) is 1.41. The van der Waals surface area contributed by atoms with Crippen molar-refractivity contribution in [3.63, 3.8) is 0 Å². The van der Waals surface area contributed by atoms with Crippen LogP contribution in [0.5, 0.6) is 0 Å². The van der Waals surface area contributed by atoms with Gasteiger partial charge in [-0.05, 0) is 5.20 Å². The molecule has 0 amide bonds. The Labute approximate surface area is 59.9 Å². The van der Waals surface area contributed by atoms with Crippen molar-refractivity contribution in [2.75, 3.05) is 0 Å². The predicted molar refractivity (Wildman–Crippen MR) is 33.1 cm³/mol. The number of rotatable bonds is 0. The van der Waals surface area contributed by atoms with Gasteiger partial charge in [-0.2, -0.15) is 0 Å². The van der Waals surface area contributed by atoms with E-state index in [9.17, 15) is 0 Å². The molecule has 4 heteroatoms. The number of hydrogen-bond donors (Lipinski definition) is 0. The lowest BCUT2D eigenvalue weighted by Crippen LogP contribution is -1.89. The Morgan fingerprint density at radius 1 is 1.43 bits per heavy atom. The van der Waals surface area contributed by atoms with Crippen molar-refractivity contribution in [1.29, 1.82) is 0 Å². The molecule has 0 aromatic heterocycles. The lowest BCUT2D eigenvalue weighted by Gasteiger charge is -1.90. The molecule has 1 aliphatic carbocycles. The molecular formula is C3Cl3Si. The highest BCUT2D eigenvalue weighted by molar-refractivity contribution is 6.68. The molecular weight excluding hydrogens is 170 g/mol. The van der Waals surface area contributed by atoms with Crippen LogP contribution >= 0.6 is 34.8 Å². The Hall–Kier alpha value is 0.827. The first-order chi connectivity index (χ1) is 3.07. The van der Waals surface area contributed by atoms with E-state index in [-0.39, 0.29) is 0 Å². The number of hydrogen-bond acceptors (Lipinski definition) is 0.